The van der Waals surface area contributed by atoms with Gasteiger partial charge in [0, 0.05) is 18.6 Å². The van der Waals surface area contributed by atoms with Gasteiger partial charge in [-0.3, -0.25) is 4.79 Å². The monoisotopic (exact) mass is 466 g/mol. The number of halogens is 1. The summed E-state index contributed by atoms with van der Waals surface area (Å²) in [4.78, 5) is 26.8. The molecule has 1 amide bonds. The van der Waals surface area contributed by atoms with Gasteiger partial charge >= 0.3 is 5.97 Å². The van der Waals surface area contributed by atoms with E-state index in [1.165, 1.54) is 18.0 Å². The molecular formula is C22H27ClN2O5S. The van der Waals surface area contributed by atoms with Crippen molar-refractivity contribution in [2.75, 3.05) is 13.6 Å². The second kappa shape index (κ2) is 8.41. The lowest BCUT2D eigenvalue weighted by atomic mass is 10.1. The summed E-state index contributed by atoms with van der Waals surface area (Å²) >= 11 is 6.00. The minimum atomic E-state index is -3.92. The highest BCUT2D eigenvalue weighted by atomic mass is 35.5. The van der Waals surface area contributed by atoms with E-state index in [4.69, 9.17) is 16.3 Å². The Labute approximate surface area is 188 Å². The van der Waals surface area contributed by atoms with Gasteiger partial charge in [0.15, 0.2) is 0 Å². The predicted molar refractivity (Wildman–Crippen MR) is 119 cm³/mol. The summed E-state index contributed by atoms with van der Waals surface area (Å²) in [5.41, 5.74) is -0.673. The average Bonchev–Trinajstić information content (AvgIpc) is 3.05. The van der Waals surface area contributed by atoms with Crippen LogP contribution in [0.5, 0.6) is 0 Å². The lowest BCUT2D eigenvalue weighted by Crippen LogP contribution is -2.48. The molecule has 2 atom stereocenters. The van der Waals surface area contributed by atoms with Gasteiger partial charge in [0.2, 0.25) is 15.9 Å². The number of rotatable bonds is 5. The van der Waals surface area contributed by atoms with E-state index in [9.17, 15) is 18.0 Å². The molecule has 0 bridgehead atoms. The zero-order valence-electron chi connectivity index (χ0n) is 18.3. The summed E-state index contributed by atoms with van der Waals surface area (Å²) in [5.74, 6) is -0.919. The molecule has 1 saturated heterocycles. The first kappa shape index (κ1) is 23.5. The quantitative estimate of drug-likeness (QED) is 0.630. The maximum atomic E-state index is 13.2. The SMILES string of the molecule is C[C@@H](C(=O)OC(C)(C)C)N1CC[C@@H](N(C)S(=O)(=O)c2ccc3cc(Cl)ccc3c2)C1=O. The van der Waals surface area contributed by atoms with Gasteiger partial charge in [0.1, 0.15) is 17.7 Å². The zero-order valence-corrected chi connectivity index (χ0v) is 19.8. The standard InChI is InChI=1S/C22H27ClN2O5S/c1-14(21(27)30-22(2,3)4)25-11-10-19(20(25)26)24(5)31(28,29)18-9-7-15-12-17(23)8-6-16(15)13-18/h6-9,12-14,19H,10-11H2,1-5H3/t14-,19+/m0/s1. The van der Waals surface area contributed by atoms with Crippen molar-refractivity contribution >= 4 is 44.3 Å². The fourth-order valence-electron chi connectivity index (χ4n) is 3.61. The van der Waals surface area contributed by atoms with Gasteiger partial charge in [-0.1, -0.05) is 23.7 Å². The van der Waals surface area contributed by atoms with Crippen LogP contribution in [0.1, 0.15) is 34.1 Å². The van der Waals surface area contributed by atoms with Crippen molar-refractivity contribution in [2.24, 2.45) is 0 Å². The first-order chi connectivity index (χ1) is 14.3. The van der Waals surface area contributed by atoms with E-state index in [1.54, 1.807) is 58.0 Å². The van der Waals surface area contributed by atoms with Crippen LogP contribution < -0.4 is 0 Å². The Kier molecular flexibility index (Phi) is 6.37. The highest BCUT2D eigenvalue weighted by molar-refractivity contribution is 7.89. The molecule has 2 aromatic carbocycles. The molecule has 1 aliphatic rings. The van der Waals surface area contributed by atoms with Crippen molar-refractivity contribution in [3.05, 3.63) is 41.4 Å². The van der Waals surface area contributed by atoms with Crippen LogP contribution in [0.3, 0.4) is 0 Å². The molecule has 0 saturated carbocycles. The average molecular weight is 467 g/mol. The number of likely N-dealkylation sites (tertiary alicyclic amines) is 1. The van der Waals surface area contributed by atoms with Crippen molar-refractivity contribution in [1.82, 2.24) is 9.21 Å². The number of sulfonamides is 1. The molecule has 31 heavy (non-hydrogen) atoms. The third-order valence-electron chi connectivity index (χ3n) is 5.32. The number of likely N-dealkylation sites (N-methyl/N-ethyl adjacent to an activating group) is 1. The summed E-state index contributed by atoms with van der Waals surface area (Å²) < 4.78 is 32.9. The van der Waals surface area contributed by atoms with Gasteiger partial charge in [-0.05, 0) is 69.2 Å². The molecule has 0 spiro atoms. The van der Waals surface area contributed by atoms with E-state index < -0.39 is 39.6 Å². The van der Waals surface area contributed by atoms with Crippen LogP contribution in [0.4, 0.5) is 0 Å². The van der Waals surface area contributed by atoms with Crippen molar-refractivity contribution in [2.45, 2.75) is 56.7 Å². The van der Waals surface area contributed by atoms with E-state index in [0.29, 0.717) is 11.4 Å². The number of hydrogen-bond donors (Lipinski definition) is 0. The van der Waals surface area contributed by atoms with Crippen LogP contribution in [0.15, 0.2) is 41.3 Å². The van der Waals surface area contributed by atoms with Crippen LogP contribution in [0.25, 0.3) is 10.8 Å². The number of carbonyl (C=O) groups is 2. The fourth-order valence-corrected chi connectivity index (χ4v) is 5.17. The van der Waals surface area contributed by atoms with E-state index in [-0.39, 0.29) is 11.4 Å². The Bertz CT molecular complexity index is 1130. The second-order valence-corrected chi connectivity index (χ2v) is 11.2. The normalized spacial score (nSPS) is 18.6. The maximum Gasteiger partial charge on any atom is 0.329 e. The molecular weight excluding hydrogens is 440 g/mol. The second-order valence-electron chi connectivity index (χ2n) is 8.72. The minimum absolute atomic E-state index is 0.0938. The van der Waals surface area contributed by atoms with E-state index >= 15 is 0 Å². The Balaban J connectivity index is 1.81. The lowest BCUT2D eigenvalue weighted by Gasteiger charge is -2.28. The van der Waals surface area contributed by atoms with Crippen LogP contribution in [0, 0.1) is 0 Å². The van der Waals surface area contributed by atoms with Crippen molar-refractivity contribution < 1.29 is 22.7 Å². The Hall–Kier alpha value is -2.16. The number of esters is 1. The maximum absolute atomic E-state index is 13.2. The summed E-state index contributed by atoms with van der Waals surface area (Å²) in [5, 5.41) is 2.12. The molecule has 9 heteroatoms. The molecule has 1 fully saturated rings. The van der Waals surface area contributed by atoms with Gasteiger partial charge in [-0.15, -0.1) is 0 Å². The molecule has 3 rings (SSSR count). The summed E-state index contributed by atoms with van der Waals surface area (Å²) in [6.07, 6.45) is 0.297. The topological polar surface area (TPSA) is 84.0 Å². The van der Waals surface area contributed by atoms with Crippen LogP contribution in [-0.4, -0.2) is 60.8 Å². The van der Waals surface area contributed by atoms with Crippen molar-refractivity contribution in [3.8, 4) is 0 Å². The smallest absolute Gasteiger partial charge is 0.329 e. The van der Waals surface area contributed by atoms with Crippen molar-refractivity contribution in [1.29, 1.82) is 0 Å². The molecule has 0 aliphatic carbocycles. The predicted octanol–water partition coefficient (Wildman–Crippen LogP) is 3.44. The number of ether oxygens (including phenoxy) is 1. The van der Waals surface area contributed by atoms with E-state index in [0.717, 1.165) is 15.1 Å². The largest absolute Gasteiger partial charge is 0.458 e. The van der Waals surface area contributed by atoms with E-state index in [2.05, 4.69) is 0 Å². The van der Waals surface area contributed by atoms with Gasteiger partial charge < -0.3 is 9.64 Å². The molecule has 1 aliphatic heterocycles. The number of nitrogens with zero attached hydrogens (tertiary/aromatic N) is 2. The van der Waals surface area contributed by atoms with Gasteiger partial charge in [-0.25, -0.2) is 13.2 Å². The molecule has 2 aromatic rings. The highest BCUT2D eigenvalue weighted by Crippen LogP contribution is 2.28. The molecule has 168 valence electrons. The Morgan fingerprint density at radius 1 is 1.19 bits per heavy atom. The summed E-state index contributed by atoms with van der Waals surface area (Å²) in [6, 6.07) is 8.29. The molecule has 0 radical (unpaired) electrons. The summed E-state index contributed by atoms with van der Waals surface area (Å²) in [6.45, 7) is 7.13. The van der Waals surface area contributed by atoms with Crippen LogP contribution >= 0.6 is 11.6 Å². The Morgan fingerprint density at radius 3 is 2.45 bits per heavy atom. The van der Waals surface area contributed by atoms with Crippen molar-refractivity contribution in [3.63, 3.8) is 0 Å². The molecule has 0 unspecified atom stereocenters. The highest BCUT2D eigenvalue weighted by Gasteiger charge is 2.43. The number of hydrogen-bond acceptors (Lipinski definition) is 5. The first-order valence-corrected chi connectivity index (χ1v) is 11.8. The van der Waals surface area contributed by atoms with Gasteiger partial charge in [0.05, 0.1) is 4.90 Å². The molecule has 0 aromatic heterocycles. The lowest BCUT2D eigenvalue weighted by molar-refractivity contribution is -0.163. The number of amides is 1. The van der Waals surface area contributed by atoms with Crippen LogP contribution in [-0.2, 0) is 24.3 Å². The summed E-state index contributed by atoms with van der Waals surface area (Å²) in [7, 11) is -2.52. The molecule has 0 N–H and O–H groups in total. The fraction of sp³-hybridized carbons (Fsp3) is 0.455. The third-order valence-corrected chi connectivity index (χ3v) is 7.41. The van der Waals surface area contributed by atoms with E-state index in [1.807, 2.05) is 0 Å². The number of carbonyl (C=O) groups excluding carboxylic acids is 2. The first-order valence-electron chi connectivity index (χ1n) is 10.0. The molecule has 1 heterocycles. The van der Waals surface area contributed by atoms with Gasteiger partial charge in [-0.2, -0.15) is 4.31 Å². The van der Waals surface area contributed by atoms with Gasteiger partial charge in [0.25, 0.3) is 0 Å². The number of fused-ring (bicyclic) bond motifs is 1. The van der Waals surface area contributed by atoms with Crippen LogP contribution in [0.2, 0.25) is 5.02 Å². The molecule has 7 nitrogen and oxygen atoms in total. The Morgan fingerprint density at radius 2 is 1.81 bits per heavy atom. The zero-order chi connectivity index (χ0) is 23.1. The third kappa shape index (κ3) is 4.86. The minimum Gasteiger partial charge on any atom is -0.458 e. The number of benzene rings is 2.